The molecule has 0 amide bonds. The number of hydrogen-bond donors (Lipinski definition) is 1. The second-order valence-corrected chi connectivity index (χ2v) is 4.39. The Labute approximate surface area is 85.4 Å². The van der Waals surface area contributed by atoms with E-state index in [0.29, 0.717) is 13.2 Å². The summed E-state index contributed by atoms with van der Waals surface area (Å²) in [6.45, 7) is 1.42. The van der Waals surface area contributed by atoms with Crippen LogP contribution in [0, 0.1) is 0 Å². The van der Waals surface area contributed by atoms with Crippen molar-refractivity contribution < 1.29 is 14.6 Å². The van der Waals surface area contributed by atoms with Crippen LogP contribution in [0.2, 0.25) is 0 Å². The summed E-state index contributed by atoms with van der Waals surface area (Å²) < 4.78 is 10.9. The molecule has 3 heteroatoms. The smallest absolute Gasteiger partial charge is 0.105 e. The van der Waals surface area contributed by atoms with Crippen molar-refractivity contribution in [1.82, 2.24) is 0 Å². The molecule has 0 aromatic heterocycles. The average Bonchev–Trinajstić information content (AvgIpc) is 2.08. The second kappa shape index (κ2) is 5.10. The van der Waals surface area contributed by atoms with Crippen LogP contribution in [0.4, 0.5) is 0 Å². The molecule has 0 spiro atoms. The van der Waals surface area contributed by atoms with E-state index in [1.807, 2.05) is 0 Å². The summed E-state index contributed by atoms with van der Waals surface area (Å²) in [5.74, 6) is 0. The lowest BCUT2D eigenvalue weighted by atomic mass is 9.96. The van der Waals surface area contributed by atoms with E-state index < -0.39 is 0 Å². The van der Waals surface area contributed by atoms with Crippen LogP contribution in [-0.2, 0) is 9.47 Å². The summed E-state index contributed by atoms with van der Waals surface area (Å²) in [5, 5.41) is 9.88. The van der Waals surface area contributed by atoms with Crippen molar-refractivity contribution in [1.29, 1.82) is 0 Å². The highest BCUT2D eigenvalue weighted by atomic mass is 16.6. The van der Waals surface area contributed by atoms with Crippen LogP contribution >= 0.6 is 0 Å². The molecule has 2 unspecified atom stereocenters. The van der Waals surface area contributed by atoms with Crippen LogP contribution in [0.3, 0.4) is 0 Å². The fraction of sp³-hybridized carbons (Fsp3) is 1.00. The zero-order valence-electron chi connectivity index (χ0n) is 8.65. The number of hydrogen-bond acceptors (Lipinski definition) is 3. The monoisotopic (exact) mass is 200 g/mol. The standard InChI is InChI=1S/C11H20O3/c12-10-5-3-1-2-4-6-11(10)14-9-7-13-8-9/h9-12H,1-8H2. The molecule has 0 aromatic carbocycles. The zero-order chi connectivity index (χ0) is 9.80. The third-order valence-corrected chi connectivity index (χ3v) is 3.14. The molecule has 3 nitrogen and oxygen atoms in total. The zero-order valence-corrected chi connectivity index (χ0v) is 8.65. The molecule has 1 aliphatic heterocycles. The van der Waals surface area contributed by atoms with Crippen molar-refractivity contribution in [2.45, 2.75) is 56.8 Å². The maximum absolute atomic E-state index is 9.88. The summed E-state index contributed by atoms with van der Waals surface area (Å²) in [6, 6.07) is 0. The lowest BCUT2D eigenvalue weighted by Crippen LogP contribution is -2.43. The van der Waals surface area contributed by atoms with Crippen LogP contribution in [0.5, 0.6) is 0 Å². The highest BCUT2D eigenvalue weighted by molar-refractivity contribution is 4.76. The molecule has 0 aromatic rings. The quantitative estimate of drug-likeness (QED) is 0.734. The molecule has 2 atom stereocenters. The molecule has 1 heterocycles. The molecule has 2 aliphatic rings. The van der Waals surface area contributed by atoms with Crippen molar-refractivity contribution >= 4 is 0 Å². The lowest BCUT2D eigenvalue weighted by molar-refractivity contribution is -0.178. The molecule has 2 fully saturated rings. The minimum Gasteiger partial charge on any atom is -0.390 e. The van der Waals surface area contributed by atoms with Crippen molar-refractivity contribution in [2.24, 2.45) is 0 Å². The van der Waals surface area contributed by atoms with Gasteiger partial charge >= 0.3 is 0 Å². The van der Waals surface area contributed by atoms with Crippen molar-refractivity contribution in [3.63, 3.8) is 0 Å². The van der Waals surface area contributed by atoms with E-state index in [1.54, 1.807) is 0 Å². The van der Waals surface area contributed by atoms with E-state index in [-0.39, 0.29) is 18.3 Å². The van der Waals surface area contributed by atoms with Gasteiger partial charge in [-0.15, -0.1) is 0 Å². The minimum absolute atomic E-state index is 0.0594. The number of aliphatic hydroxyl groups is 1. The van der Waals surface area contributed by atoms with Gasteiger partial charge in [0.1, 0.15) is 6.10 Å². The fourth-order valence-corrected chi connectivity index (χ4v) is 2.13. The molecule has 82 valence electrons. The van der Waals surface area contributed by atoms with Crippen LogP contribution < -0.4 is 0 Å². The summed E-state index contributed by atoms with van der Waals surface area (Å²) in [6.07, 6.45) is 6.84. The van der Waals surface area contributed by atoms with E-state index in [4.69, 9.17) is 9.47 Å². The normalized spacial score (nSPS) is 35.8. The van der Waals surface area contributed by atoms with Crippen molar-refractivity contribution in [3.05, 3.63) is 0 Å². The summed E-state index contributed by atoms with van der Waals surface area (Å²) in [7, 11) is 0. The van der Waals surface area contributed by atoms with Crippen molar-refractivity contribution in [3.8, 4) is 0 Å². The van der Waals surface area contributed by atoms with Gasteiger partial charge in [-0.1, -0.05) is 25.7 Å². The molecule has 1 N–H and O–H groups in total. The summed E-state index contributed by atoms with van der Waals surface area (Å²) >= 11 is 0. The lowest BCUT2D eigenvalue weighted by Gasteiger charge is -2.33. The third-order valence-electron chi connectivity index (χ3n) is 3.14. The first kappa shape index (κ1) is 10.4. The SMILES string of the molecule is OC1CCCCCCC1OC1COC1. The summed E-state index contributed by atoms with van der Waals surface area (Å²) in [5.41, 5.74) is 0. The molecule has 14 heavy (non-hydrogen) atoms. The van der Waals surface area contributed by atoms with Crippen LogP contribution in [0.25, 0.3) is 0 Å². The Bertz CT molecular complexity index is 168. The van der Waals surface area contributed by atoms with Gasteiger partial charge in [-0.3, -0.25) is 0 Å². The highest BCUT2D eigenvalue weighted by Gasteiger charge is 2.28. The fourth-order valence-electron chi connectivity index (χ4n) is 2.13. The van der Waals surface area contributed by atoms with Crippen LogP contribution in [0.1, 0.15) is 38.5 Å². The number of ether oxygens (including phenoxy) is 2. The van der Waals surface area contributed by atoms with Gasteiger partial charge in [0.15, 0.2) is 0 Å². The molecule has 0 radical (unpaired) electrons. The molecule has 2 rings (SSSR count). The molecule has 1 saturated heterocycles. The Balaban J connectivity index is 1.78. The first-order valence-corrected chi connectivity index (χ1v) is 5.77. The third kappa shape index (κ3) is 2.69. The van der Waals surface area contributed by atoms with Crippen molar-refractivity contribution in [2.75, 3.05) is 13.2 Å². The first-order valence-electron chi connectivity index (χ1n) is 5.77. The highest BCUT2D eigenvalue weighted by Crippen LogP contribution is 2.22. The Hall–Kier alpha value is -0.120. The Kier molecular flexibility index (Phi) is 3.79. The average molecular weight is 200 g/mol. The maximum atomic E-state index is 9.88. The first-order chi connectivity index (χ1) is 6.86. The Morgan fingerprint density at radius 3 is 2.36 bits per heavy atom. The van der Waals surface area contributed by atoms with Gasteiger partial charge in [-0.05, 0) is 12.8 Å². The minimum atomic E-state index is -0.254. The van der Waals surface area contributed by atoms with Gasteiger partial charge in [0, 0.05) is 0 Å². The van der Waals surface area contributed by atoms with E-state index >= 15 is 0 Å². The Morgan fingerprint density at radius 1 is 1.00 bits per heavy atom. The van der Waals surface area contributed by atoms with Crippen LogP contribution in [-0.4, -0.2) is 36.6 Å². The van der Waals surface area contributed by atoms with E-state index in [9.17, 15) is 5.11 Å². The van der Waals surface area contributed by atoms with E-state index in [1.165, 1.54) is 19.3 Å². The Morgan fingerprint density at radius 2 is 1.71 bits per heavy atom. The van der Waals surface area contributed by atoms with Gasteiger partial charge in [0.25, 0.3) is 0 Å². The number of rotatable bonds is 2. The second-order valence-electron chi connectivity index (χ2n) is 4.39. The molecule has 0 bridgehead atoms. The van der Waals surface area contributed by atoms with E-state index in [0.717, 1.165) is 19.3 Å². The molecule has 1 saturated carbocycles. The summed E-state index contributed by atoms with van der Waals surface area (Å²) in [4.78, 5) is 0. The van der Waals surface area contributed by atoms with Gasteiger partial charge in [-0.25, -0.2) is 0 Å². The molecule has 1 aliphatic carbocycles. The van der Waals surface area contributed by atoms with Gasteiger partial charge in [-0.2, -0.15) is 0 Å². The predicted molar refractivity (Wildman–Crippen MR) is 53.2 cm³/mol. The van der Waals surface area contributed by atoms with Gasteiger partial charge in [0.2, 0.25) is 0 Å². The van der Waals surface area contributed by atoms with Gasteiger partial charge < -0.3 is 14.6 Å². The molecular weight excluding hydrogens is 180 g/mol. The predicted octanol–water partition coefficient (Wildman–Crippen LogP) is 1.49. The number of aliphatic hydroxyl groups excluding tert-OH is 1. The maximum Gasteiger partial charge on any atom is 0.105 e. The van der Waals surface area contributed by atoms with E-state index in [2.05, 4.69) is 0 Å². The largest absolute Gasteiger partial charge is 0.390 e. The van der Waals surface area contributed by atoms with Crippen LogP contribution in [0.15, 0.2) is 0 Å². The van der Waals surface area contributed by atoms with Gasteiger partial charge in [0.05, 0.1) is 25.4 Å². The molecular formula is C11H20O3. The topological polar surface area (TPSA) is 38.7 Å².